The van der Waals surface area contributed by atoms with E-state index < -0.39 is 5.60 Å². The fourth-order valence-electron chi connectivity index (χ4n) is 2.69. The number of halogens is 1. The minimum Gasteiger partial charge on any atom is -0.388 e. The van der Waals surface area contributed by atoms with Gasteiger partial charge in [-0.1, -0.05) is 17.7 Å². The van der Waals surface area contributed by atoms with E-state index in [-0.39, 0.29) is 0 Å². The Hall–Kier alpha value is -0.810. The number of benzene rings is 1. The number of aliphatic hydroxyl groups is 1. The van der Waals surface area contributed by atoms with Crippen molar-refractivity contribution in [1.82, 2.24) is 5.32 Å². The molecule has 0 unspecified atom stereocenters. The molecule has 1 aliphatic rings. The molecule has 0 spiro atoms. The highest BCUT2D eigenvalue weighted by atomic mass is 35.5. The Labute approximate surface area is 125 Å². The molecule has 2 rings (SSSR count). The van der Waals surface area contributed by atoms with Crippen molar-refractivity contribution in [2.45, 2.75) is 25.0 Å². The molecule has 1 aromatic rings. The summed E-state index contributed by atoms with van der Waals surface area (Å²) in [6.45, 7) is 2.56. The Morgan fingerprint density at radius 3 is 2.75 bits per heavy atom. The Kier molecular flexibility index (Phi) is 5.27. The number of ether oxygens (including phenoxy) is 1. The van der Waals surface area contributed by atoms with Gasteiger partial charge in [0.25, 0.3) is 0 Å². The minimum atomic E-state index is -0.674. The highest BCUT2D eigenvalue weighted by Gasteiger charge is 2.31. The lowest BCUT2D eigenvalue weighted by atomic mass is 9.93. The molecule has 1 heterocycles. The van der Waals surface area contributed by atoms with Crippen molar-refractivity contribution in [2.75, 3.05) is 38.8 Å². The van der Waals surface area contributed by atoms with E-state index in [0.29, 0.717) is 39.1 Å². The summed E-state index contributed by atoms with van der Waals surface area (Å²) in [5.74, 6) is 0. The molecule has 5 heteroatoms. The van der Waals surface area contributed by atoms with Crippen LogP contribution < -0.4 is 10.2 Å². The first-order chi connectivity index (χ1) is 9.56. The molecule has 4 nitrogen and oxygen atoms in total. The molecule has 0 atom stereocenters. The lowest BCUT2D eigenvalue weighted by molar-refractivity contribution is -0.0572. The lowest BCUT2D eigenvalue weighted by Crippen LogP contribution is -2.46. The van der Waals surface area contributed by atoms with Crippen molar-refractivity contribution in [2.24, 2.45) is 0 Å². The minimum absolute atomic E-state index is 0.591. The van der Waals surface area contributed by atoms with E-state index in [9.17, 15) is 5.11 Å². The van der Waals surface area contributed by atoms with Gasteiger partial charge in [-0.15, -0.1) is 0 Å². The van der Waals surface area contributed by atoms with E-state index in [1.807, 2.05) is 32.3 Å². The molecular weight excluding hydrogens is 276 g/mol. The summed E-state index contributed by atoms with van der Waals surface area (Å²) in [6, 6.07) is 5.89. The summed E-state index contributed by atoms with van der Waals surface area (Å²) in [5, 5.41) is 14.5. The van der Waals surface area contributed by atoms with E-state index >= 15 is 0 Å². The molecule has 0 aromatic heterocycles. The fourth-order valence-corrected chi connectivity index (χ4v) is 2.93. The third-order valence-electron chi connectivity index (χ3n) is 3.81. The number of hydrogen-bond acceptors (Lipinski definition) is 4. The Morgan fingerprint density at radius 2 is 2.10 bits per heavy atom. The first kappa shape index (κ1) is 15.6. The zero-order valence-corrected chi connectivity index (χ0v) is 12.9. The lowest BCUT2D eigenvalue weighted by Gasteiger charge is -2.37. The molecule has 20 heavy (non-hydrogen) atoms. The predicted molar refractivity (Wildman–Crippen MR) is 82.5 cm³/mol. The van der Waals surface area contributed by atoms with Crippen LogP contribution in [0.5, 0.6) is 0 Å². The van der Waals surface area contributed by atoms with Crippen molar-refractivity contribution in [3.63, 3.8) is 0 Å². The molecule has 0 bridgehead atoms. The van der Waals surface area contributed by atoms with Gasteiger partial charge in [0, 0.05) is 62.5 Å². The Balaban J connectivity index is 2.16. The van der Waals surface area contributed by atoms with Crippen LogP contribution >= 0.6 is 11.6 Å². The maximum absolute atomic E-state index is 10.6. The SMILES string of the molecule is CNCc1c(Cl)cccc1N(C)CC1(O)CCOCC1. The quantitative estimate of drug-likeness (QED) is 0.873. The van der Waals surface area contributed by atoms with Gasteiger partial charge in [0.2, 0.25) is 0 Å². The van der Waals surface area contributed by atoms with Crippen LogP contribution in [0.25, 0.3) is 0 Å². The molecule has 0 saturated carbocycles. The zero-order chi connectivity index (χ0) is 14.6. The van der Waals surface area contributed by atoms with Crippen molar-refractivity contribution in [3.8, 4) is 0 Å². The van der Waals surface area contributed by atoms with Crippen LogP contribution in [0.3, 0.4) is 0 Å². The van der Waals surface area contributed by atoms with E-state index in [2.05, 4.69) is 10.2 Å². The maximum atomic E-state index is 10.6. The van der Waals surface area contributed by atoms with Crippen LogP contribution in [0.2, 0.25) is 5.02 Å². The number of nitrogens with one attached hydrogen (secondary N) is 1. The molecule has 1 aromatic carbocycles. The van der Waals surface area contributed by atoms with Crippen molar-refractivity contribution < 1.29 is 9.84 Å². The third kappa shape index (κ3) is 3.64. The standard InChI is InChI=1S/C15H23ClN2O2/c1-17-10-12-13(16)4-3-5-14(12)18(2)11-15(19)6-8-20-9-7-15/h3-5,17,19H,6-11H2,1-2H3. The number of nitrogens with zero attached hydrogens (tertiary/aromatic N) is 1. The van der Waals surface area contributed by atoms with Gasteiger partial charge < -0.3 is 20.1 Å². The van der Waals surface area contributed by atoms with Gasteiger partial charge in [0.1, 0.15) is 0 Å². The molecular formula is C15H23ClN2O2. The van der Waals surface area contributed by atoms with E-state index in [4.69, 9.17) is 16.3 Å². The topological polar surface area (TPSA) is 44.7 Å². The van der Waals surface area contributed by atoms with Crippen molar-refractivity contribution in [1.29, 1.82) is 0 Å². The van der Waals surface area contributed by atoms with Crippen LogP contribution in [0.15, 0.2) is 18.2 Å². The van der Waals surface area contributed by atoms with Gasteiger partial charge in [-0.25, -0.2) is 0 Å². The first-order valence-electron chi connectivity index (χ1n) is 6.99. The zero-order valence-electron chi connectivity index (χ0n) is 12.2. The summed E-state index contributed by atoms with van der Waals surface area (Å²) in [7, 11) is 3.90. The molecule has 1 aliphatic heterocycles. The van der Waals surface area contributed by atoms with Crippen LogP contribution in [-0.4, -0.2) is 44.6 Å². The highest BCUT2D eigenvalue weighted by molar-refractivity contribution is 6.31. The van der Waals surface area contributed by atoms with Crippen LogP contribution in [0.4, 0.5) is 5.69 Å². The second kappa shape index (κ2) is 6.76. The van der Waals surface area contributed by atoms with E-state index in [1.54, 1.807) is 0 Å². The van der Waals surface area contributed by atoms with Gasteiger partial charge in [-0.2, -0.15) is 0 Å². The summed E-state index contributed by atoms with van der Waals surface area (Å²) in [6.07, 6.45) is 1.36. The van der Waals surface area contributed by atoms with Crippen LogP contribution in [0, 0.1) is 0 Å². The van der Waals surface area contributed by atoms with Gasteiger partial charge in [0.15, 0.2) is 0 Å². The number of likely N-dealkylation sites (N-methyl/N-ethyl adjacent to an activating group) is 1. The monoisotopic (exact) mass is 298 g/mol. The summed E-state index contributed by atoms with van der Waals surface area (Å²) >= 11 is 6.28. The maximum Gasteiger partial charge on any atom is 0.0865 e. The van der Waals surface area contributed by atoms with Crippen LogP contribution in [0.1, 0.15) is 18.4 Å². The van der Waals surface area contributed by atoms with Gasteiger partial charge in [-0.05, 0) is 19.2 Å². The molecule has 2 N–H and O–H groups in total. The van der Waals surface area contributed by atoms with Crippen LogP contribution in [-0.2, 0) is 11.3 Å². The predicted octanol–water partition coefficient (Wildman–Crippen LogP) is 2.04. The molecule has 0 amide bonds. The normalized spacial score (nSPS) is 18.0. The first-order valence-corrected chi connectivity index (χ1v) is 7.37. The Morgan fingerprint density at radius 1 is 1.40 bits per heavy atom. The van der Waals surface area contributed by atoms with E-state index in [1.165, 1.54) is 0 Å². The summed E-state index contributed by atoms with van der Waals surface area (Å²) < 4.78 is 5.32. The Bertz CT molecular complexity index is 447. The average molecular weight is 299 g/mol. The second-order valence-electron chi connectivity index (χ2n) is 5.46. The third-order valence-corrected chi connectivity index (χ3v) is 4.17. The summed E-state index contributed by atoms with van der Waals surface area (Å²) in [4.78, 5) is 2.09. The van der Waals surface area contributed by atoms with Gasteiger partial charge in [-0.3, -0.25) is 0 Å². The number of anilines is 1. The average Bonchev–Trinajstić information content (AvgIpc) is 2.41. The molecule has 0 radical (unpaired) electrons. The highest BCUT2D eigenvalue weighted by Crippen LogP contribution is 2.29. The fraction of sp³-hybridized carbons (Fsp3) is 0.600. The summed E-state index contributed by atoms with van der Waals surface area (Å²) in [5.41, 5.74) is 1.45. The van der Waals surface area contributed by atoms with Crippen molar-refractivity contribution >= 4 is 17.3 Å². The molecule has 0 aliphatic carbocycles. The number of hydrogen-bond donors (Lipinski definition) is 2. The molecule has 1 saturated heterocycles. The largest absolute Gasteiger partial charge is 0.388 e. The smallest absolute Gasteiger partial charge is 0.0865 e. The van der Waals surface area contributed by atoms with Gasteiger partial charge in [0.05, 0.1) is 5.60 Å². The molecule has 1 fully saturated rings. The van der Waals surface area contributed by atoms with Gasteiger partial charge >= 0.3 is 0 Å². The van der Waals surface area contributed by atoms with E-state index in [0.717, 1.165) is 16.3 Å². The number of rotatable bonds is 5. The second-order valence-corrected chi connectivity index (χ2v) is 5.87. The van der Waals surface area contributed by atoms with Crippen molar-refractivity contribution in [3.05, 3.63) is 28.8 Å². The molecule has 112 valence electrons.